The number of nitrogens with zero attached hydrogens (tertiary/aromatic N) is 3. The summed E-state index contributed by atoms with van der Waals surface area (Å²) in [5.74, 6) is 0.113. The summed E-state index contributed by atoms with van der Waals surface area (Å²) in [6, 6.07) is 16.9. The van der Waals surface area contributed by atoms with Gasteiger partial charge in [0, 0.05) is 17.0 Å². The van der Waals surface area contributed by atoms with Crippen LogP contribution < -0.4 is 9.62 Å². The lowest BCUT2D eigenvalue weighted by Gasteiger charge is -2.21. The zero-order valence-electron chi connectivity index (χ0n) is 15.3. The largest absolute Gasteiger partial charge is 0.428 e. The molecule has 0 unspecified atom stereocenters. The molecule has 0 aliphatic carbocycles. The fraction of sp³-hybridized carbons (Fsp3) is 0.150. The number of oxazole rings is 1. The molecular formula is C20H17ClN4O2S. The van der Waals surface area contributed by atoms with Crippen molar-refractivity contribution >= 4 is 41.2 Å². The van der Waals surface area contributed by atoms with Crippen molar-refractivity contribution in [2.75, 3.05) is 11.2 Å². The van der Waals surface area contributed by atoms with Crippen LogP contribution in [-0.4, -0.2) is 17.1 Å². The van der Waals surface area contributed by atoms with Crippen molar-refractivity contribution < 1.29 is 9.21 Å². The Morgan fingerprint density at radius 1 is 1.25 bits per heavy atom. The Morgan fingerprint density at radius 2 is 1.93 bits per heavy atom. The zero-order chi connectivity index (χ0) is 20.1. The van der Waals surface area contributed by atoms with Crippen molar-refractivity contribution in [1.82, 2.24) is 9.71 Å². The summed E-state index contributed by atoms with van der Waals surface area (Å²) in [5, 5.41) is 9.69. The molecule has 142 valence electrons. The summed E-state index contributed by atoms with van der Waals surface area (Å²) in [6.07, 6.45) is 1.76. The Morgan fingerprint density at radius 3 is 2.54 bits per heavy atom. The summed E-state index contributed by atoms with van der Waals surface area (Å²) in [6.45, 7) is 2.15. The van der Waals surface area contributed by atoms with Gasteiger partial charge >= 0.3 is 6.01 Å². The van der Waals surface area contributed by atoms with Crippen LogP contribution in [0.3, 0.4) is 0 Å². The standard InChI is InChI=1S/C20H17ClN4O2S/c1-13-18(19(26)24-28-2)23-20(27-13)25(12-15-3-7-16(21)8-4-15)17-9-5-14(11-22)6-10-17/h3-10H,12H2,1-2H3,(H,24,26). The molecule has 0 bridgehead atoms. The Bertz CT molecular complexity index is 1010. The molecule has 8 heteroatoms. The van der Waals surface area contributed by atoms with Gasteiger partial charge in [-0.15, -0.1) is 0 Å². The van der Waals surface area contributed by atoms with Crippen LogP contribution in [0.25, 0.3) is 0 Å². The maximum Gasteiger partial charge on any atom is 0.303 e. The van der Waals surface area contributed by atoms with Crippen molar-refractivity contribution in [3.63, 3.8) is 0 Å². The molecule has 0 atom stereocenters. The lowest BCUT2D eigenvalue weighted by atomic mass is 10.1. The molecule has 0 aliphatic heterocycles. The molecule has 0 saturated carbocycles. The molecule has 0 fully saturated rings. The Labute approximate surface area is 172 Å². The number of hydrogen-bond donors (Lipinski definition) is 1. The summed E-state index contributed by atoms with van der Waals surface area (Å²) < 4.78 is 8.46. The predicted molar refractivity (Wildman–Crippen MR) is 111 cm³/mol. The van der Waals surface area contributed by atoms with Gasteiger partial charge in [0.25, 0.3) is 5.91 Å². The van der Waals surface area contributed by atoms with Gasteiger partial charge in [0.05, 0.1) is 18.2 Å². The van der Waals surface area contributed by atoms with Gasteiger partial charge < -0.3 is 4.42 Å². The van der Waals surface area contributed by atoms with Crippen LogP contribution in [0.15, 0.2) is 52.9 Å². The third-order valence-electron chi connectivity index (χ3n) is 3.99. The van der Waals surface area contributed by atoms with Crippen molar-refractivity contribution in [3.8, 4) is 6.07 Å². The highest BCUT2D eigenvalue weighted by Gasteiger charge is 2.22. The first kappa shape index (κ1) is 19.8. The normalized spacial score (nSPS) is 10.4. The van der Waals surface area contributed by atoms with E-state index >= 15 is 0 Å². The number of hydrogen-bond acceptors (Lipinski definition) is 6. The lowest BCUT2D eigenvalue weighted by molar-refractivity contribution is 0.0979. The predicted octanol–water partition coefficient (Wildman–Crippen LogP) is 4.85. The smallest absolute Gasteiger partial charge is 0.303 e. The molecular weight excluding hydrogens is 396 g/mol. The number of nitrogens with one attached hydrogen (secondary N) is 1. The lowest BCUT2D eigenvalue weighted by Crippen LogP contribution is -2.19. The van der Waals surface area contributed by atoms with Gasteiger partial charge in [0.1, 0.15) is 5.76 Å². The van der Waals surface area contributed by atoms with E-state index in [0.29, 0.717) is 28.9 Å². The van der Waals surface area contributed by atoms with Crippen molar-refractivity contribution in [1.29, 1.82) is 5.26 Å². The highest BCUT2D eigenvalue weighted by Crippen LogP contribution is 2.29. The molecule has 6 nitrogen and oxygen atoms in total. The average molecular weight is 413 g/mol. The van der Waals surface area contributed by atoms with Gasteiger partial charge in [0.15, 0.2) is 5.69 Å². The van der Waals surface area contributed by atoms with Crippen molar-refractivity contribution in [2.45, 2.75) is 13.5 Å². The molecule has 0 saturated heterocycles. The van der Waals surface area contributed by atoms with Gasteiger partial charge in [-0.3, -0.25) is 14.4 Å². The Kier molecular flexibility index (Phi) is 6.24. The number of amides is 1. The summed E-state index contributed by atoms with van der Waals surface area (Å²) in [7, 11) is 0. The van der Waals surface area contributed by atoms with E-state index in [2.05, 4.69) is 15.8 Å². The zero-order valence-corrected chi connectivity index (χ0v) is 16.8. The summed E-state index contributed by atoms with van der Waals surface area (Å²) in [4.78, 5) is 18.4. The molecule has 1 heterocycles. The number of nitriles is 1. The number of aryl methyl sites for hydroxylation is 1. The first-order valence-electron chi connectivity index (χ1n) is 8.34. The Hall–Kier alpha value is -2.95. The van der Waals surface area contributed by atoms with E-state index in [-0.39, 0.29) is 11.6 Å². The molecule has 1 N–H and O–H groups in total. The number of halogens is 1. The van der Waals surface area contributed by atoms with Crippen LogP contribution in [-0.2, 0) is 6.54 Å². The van der Waals surface area contributed by atoms with E-state index in [4.69, 9.17) is 21.3 Å². The van der Waals surface area contributed by atoms with Gasteiger partial charge in [-0.25, -0.2) is 0 Å². The highest BCUT2D eigenvalue weighted by molar-refractivity contribution is 7.97. The minimum Gasteiger partial charge on any atom is -0.428 e. The topological polar surface area (TPSA) is 82.2 Å². The summed E-state index contributed by atoms with van der Waals surface area (Å²) in [5.41, 5.74) is 2.56. The van der Waals surface area contributed by atoms with Crippen LogP contribution in [0.2, 0.25) is 5.02 Å². The van der Waals surface area contributed by atoms with Crippen LogP contribution in [0, 0.1) is 18.3 Å². The van der Waals surface area contributed by atoms with E-state index in [1.807, 2.05) is 41.3 Å². The van der Waals surface area contributed by atoms with E-state index < -0.39 is 0 Å². The van der Waals surface area contributed by atoms with Gasteiger partial charge in [-0.2, -0.15) is 10.2 Å². The minimum atomic E-state index is -0.314. The van der Waals surface area contributed by atoms with Crippen molar-refractivity contribution in [2.24, 2.45) is 0 Å². The van der Waals surface area contributed by atoms with Crippen LogP contribution in [0.4, 0.5) is 11.7 Å². The van der Waals surface area contributed by atoms with E-state index in [9.17, 15) is 4.79 Å². The number of rotatable bonds is 6. The molecule has 2 aromatic carbocycles. The molecule has 0 spiro atoms. The number of carbonyl (C=O) groups excluding carboxylic acids is 1. The van der Waals surface area contributed by atoms with Gasteiger partial charge in [-0.05, 0) is 48.9 Å². The Balaban J connectivity index is 2.00. The van der Waals surface area contributed by atoms with Gasteiger partial charge in [-0.1, -0.05) is 35.7 Å². The second-order valence-corrected chi connectivity index (χ2v) is 6.96. The first-order chi connectivity index (χ1) is 13.5. The van der Waals surface area contributed by atoms with Gasteiger partial charge in [0.2, 0.25) is 0 Å². The fourth-order valence-electron chi connectivity index (χ4n) is 2.61. The third kappa shape index (κ3) is 4.47. The number of carbonyl (C=O) groups is 1. The third-order valence-corrected chi connectivity index (χ3v) is 4.63. The number of aromatic nitrogens is 1. The second-order valence-electron chi connectivity index (χ2n) is 5.91. The van der Waals surface area contributed by atoms with Crippen LogP contribution >= 0.6 is 23.5 Å². The van der Waals surface area contributed by atoms with E-state index in [1.165, 1.54) is 11.9 Å². The van der Waals surface area contributed by atoms with Crippen LogP contribution in [0.1, 0.15) is 27.4 Å². The fourth-order valence-corrected chi connectivity index (χ4v) is 3.02. The average Bonchev–Trinajstić information content (AvgIpc) is 3.09. The number of anilines is 2. The van der Waals surface area contributed by atoms with E-state index in [0.717, 1.165) is 11.3 Å². The molecule has 1 aromatic heterocycles. The molecule has 0 radical (unpaired) electrons. The molecule has 3 rings (SSSR count). The molecule has 28 heavy (non-hydrogen) atoms. The monoisotopic (exact) mass is 412 g/mol. The quantitative estimate of drug-likeness (QED) is 0.582. The molecule has 3 aromatic rings. The SMILES string of the molecule is CSNC(=O)c1nc(N(Cc2ccc(Cl)cc2)c2ccc(C#N)cc2)oc1C. The minimum absolute atomic E-state index is 0.235. The van der Waals surface area contributed by atoms with Crippen molar-refractivity contribution in [3.05, 3.63) is 76.1 Å². The van der Waals surface area contributed by atoms with E-state index in [1.54, 1.807) is 25.3 Å². The highest BCUT2D eigenvalue weighted by atomic mass is 35.5. The summed E-state index contributed by atoms with van der Waals surface area (Å²) >= 11 is 7.18. The molecule has 1 amide bonds. The maximum absolute atomic E-state index is 12.2. The first-order valence-corrected chi connectivity index (χ1v) is 9.95. The van der Waals surface area contributed by atoms with Crippen LogP contribution in [0.5, 0.6) is 0 Å². The molecule has 0 aliphatic rings. The number of benzene rings is 2. The second kappa shape index (κ2) is 8.83. The maximum atomic E-state index is 12.2.